The Morgan fingerprint density at radius 3 is 1.55 bits per heavy atom. The second-order valence-corrected chi connectivity index (χ2v) is 15.6. The Hall–Kier alpha value is -5.07. The molecular formula is C43H56N4O7S. The summed E-state index contributed by atoms with van der Waals surface area (Å²) in [5.74, 6) is 0.418. The topological polar surface area (TPSA) is 140 Å². The number of anilines is 2. The Balaban J connectivity index is 0.000000208. The van der Waals surface area contributed by atoms with Gasteiger partial charge in [0, 0.05) is 49.5 Å². The van der Waals surface area contributed by atoms with Gasteiger partial charge in [-0.15, -0.1) is 0 Å². The molecule has 2 saturated heterocycles. The van der Waals surface area contributed by atoms with E-state index >= 15 is 0 Å². The number of likely N-dealkylation sites (tertiary alicyclic amines) is 2. The fraction of sp³-hybridized carbons (Fsp3) is 0.395. The fourth-order valence-corrected chi connectivity index (χ4v) is 7.20. The number of piperidine rings is 2. The lowest BCUT2D eigenvalue weighted by Gasteiger charge is -2.35. The van der Waals surface area contributed by atoms with E-state index in [1.165, 1.54) is 0 Å². The van der Waals surface area contributed by atoms with E-state index in [1.54, 1.807) is 11.8 Å². The highest BCUT2D eigenvalue weighted by Gasteiger charge is 2.31. The van der Waals surface area contributed by atoms with Crippen LogP contribution in [-0.2, 0) is 37.0 Å². The number of para-hydroxylation sites is 2. The van der Waals surface area contributed by atoms with Gasteiger partial charge in [0.15, 0.2) is 0 Å². The predicted molar refractivity (Wildman–Crippen MR) is 218 cm³/mol. The summed E-state index contributed by atoms with van der Waals surface area (Å²) in [5.41, 5.74) is 9.25. The van der Waals surface area contributed by atoms with Gasteiger partial charge in [-0.05, 0) is 80.8 Å². The molecule has 2 heterocycles. The molecule has 6 rings (SSSR count). The van der Waals surface area contributed by atoms with E-state index in [0.717, 1.165) is 67.5 Å². The number of hydrogen-bond donors (Lipinski definition) is 2. The van der Waals surface area contributed by atoms with Gasteiger partial charge in [-0.1, -0.05) is 97.1 Å². The zero-order valence-electron chi connectivity index (χ0n) is 32.2. The fourth-order valence-electron chi connectivity index (χ4n) is 6.49. The van der Waals surface area contributed by atoms with Gasteiger partial charge in [-0.2, -0.15) is 8.42 Å². The zero-order chi connectivity index (χ0) is 39.5. The molecule has 2 aliphatic heterocycles. The van der Waals surface area contributed by atoms with Crippen molar-refractivity contribution in [3.05, 3.63) is 132 Å². The number of nitrogens with zero attached hydrogens (tertiary/aromatic N) is 2. The lowest BCUT2D eigenvalue weighted by Crippen LogP contribution is -2.44. The van der Waals surface area contributed by atoms with Crippen LogP contribution < -0.4 is 11.1 Å². The van der Waals surface area contributed by atoms with Gasteiger partial charge in [-0.25, -0.2) is 9.59 Å². The SMILES string of the molecule is C[C@@H](OS(C)(=O)=O)[C@@H]1CCCN(C(=O)OCc2ccccc2)C1.C[C@H](Nc1ccccc1)[C@@H]1CCCN(C(=O)OCc2ccccc2)C1.Nc1ccccc1. The third-order valence-corrected chi connectivity index (χ3v) is 10.2. The third kappa shape index (κ3) is 16.1. The standard InChI is InChI=1S/C21H26N2O2.C16H23NO5S.C6H7N/c1-17(22-20-12-6-3-7-13-20)19-11-8-14-23(15-19)21(24)25-16-18-9-4-2-5-10-18;1-13(22-23(2,19)20)15-9-6-10-17(11-15)16(18)21-12-14-7-4-3-5-8-14;7-6-4-2-1-3-5-6/h2-7,9-10,12-13,17,19,22H,8,11,14-16H2,1H3;3-5,7-8,13,15H,6,9-12H2,1-2H3;1-5H,7H2/t17-,19+;13-,15-;/m01./s1. The highest BCUT2D eigenvalue weighted by molar-refractivity contribution is 7.86. The Morgan fingerprint density at radius 2 is 1.11 bits per heavy atom. The first-order valence-electron chi connectivity index (χ1n) is 18.9. The van der Waals surface area contributed by atoms with Gasteiger partial charge in [0.1, 0.15) is 13.2 Å². The smallest absolute Gasteiger partial charge is 0.410 e. The van der Waals surface area contributed by atoms with Crippen LogP contribution in [0, 0.1) is 11.8 Å². The summed E-state index contributed by atoms with van der Waals surface area (Å²) in [6, 6.07) is 39.3. The summed E-state index contributed by atoms with van der Waals surface area (Å²) >= 11 is 0. The molecule has 12 heteroatoms. The molecule has 2 amide bonds. The lowest BCUT2D eigenvalue weighted by atomic mass is 9.91. The van der Waals surface area contributed by atoms with Crippen LogP contribution in [0.15, 0.2) is 121 Å². The van der Waals surface area contributed by atoms with Crippen molar-refractivity contribution < 1.29 is 31.7 Å². The first kappa shape index (κ1) is 42.7. The monoisotopic (exact) mass is 772 g/mol. The molecule has 4 aromatic rings. The Kier molecular flexibility index (Phi) is 17.3. The Bertz CT molecular complexity index is 1800. The van der Waals surface area contributed by atoms with Gasteiger partial charge in [0.2, 0.25) is 0 Å². The summed E-state index contributed by atoms with van der Waals surface area (Å²) in [6.45, 7) is 7.08. The van der Waals surface area contributed by atoms with E-state index in [9.17, 15) is 18.0 Å². The van der Waals surface area contributed by atoms with Crippen LogP contribution in [-0.4, -0.2) is 75.0 Å². The first-order chi connectivity index (χ1) is 26.5. The van der Waals surface area contributed by atoms with Crippen LogP contribution in [0.25, 0.3) is 0 Å². The van der Waals surface area contributed by atoms with Crippen LogP contribution >= 0.6 is 0 Å². The maximum atomic E-state index is 12.4. The molecule has 0 bridgehead atoms. The number of nitrogens with two attached hydrogens (primary N) is 1. The summed E-state index contributed by atoms with van der Waals surface area (Å²) in [6.07, 6.45) is 3.80. The van der Waals surface area contributed by atoms with E-state index in [1.807, 2.05) is 114 Å². The number of carbonyl (C=O) groups is 2. The van der Waals surface area contributed by atoms with Gasteiger partial charge in [-0.3, -0.25) is 4.18 Å². The van der Waals surface area contributed by atoms with E-state index in [0.29, 0.717) is 31.7 Å². The molecule has 4 atom stereocenters. The third-order valence-electron chi connectivity index (χ3n) is 9.51. The molecule has 0 saturated carbocycles. The molecule has 2 fully saturated rings. The van der Waals surface area contributed by atoms with Crippen LogP contribution in [0.1, 0.15) is 50.7 Å². The number of carbonyl (C=O) groups excluding carboxylic acids is 2. The Labute approximate surface area is 326 Å². The predicted octanol–water partition coefficient (Wildman–Crippen LogP) is 8.20. The second-order valence-electron chi connectivity index (χ2n) is 14.0. The molecule has 4 aromatic carbocycles. The quantitative estimate of drug-likeness (QED) is 0.121. The average molecular weight is 773 g/mol. The summed E-state index contributed by atoms with van der Waals surface area (Å²) in [5, 5.41) is 3.55. The Morgan fingerprint density at radius 1 is 0.691 bits per heavy atom. The van der Waals surface area contributed by atoms with Crippen LogP contribution in [0.3, 0.4) is 0 Å². The van der Waals surface area contributed by atoms with Crippen molar-refractivity contribution >= 4 is 33.7 Å². The molecule has 0 aliphatic carbocycles. The number of ether oxygens (including phenoxy) is 2. The van der Waals surface area contributed by atoms with Gasteiger partial charge in [0.05, 0.1) is 12.4 Å². The van der Waals surface area contributed by atoms with E-state index in [-0.39, 0.29) is 24.7 Å². The average Bonchev–Trinajstić information content (AvgIpc) is 3.20. The number of hydrogen-bond acceptors (Lipinski definition) is 9. The van der Waals surface area contributed by atoms with Crippen molar-refractivity contribution in [2.45, 2.75) is 64.9 Å². The summed E-state index contributed by atoms with van der Waals surface area (Å²) in [7, 11) is -3.49. The molecule has 2 aliphatic rings. The first-order valence-corrected chi connectivity index (χ1v) is 20.7. The van der Waals surface area contributed by atoms with Gasteiger partial charge in [0.25, 0.3) is 10.1 Å². The van der Waals surface area contributed by atoms with E-state index < -0.39 is 16.2 Å². The minimum absolute atomic E-state index is 0.0113. The van der Waals surface area contributed by atoms with Crippen molar-refractivity contribution in [2.24, 2.45) is 11.8 Å². The molecule has 11 nitrogen and oxygen atoms in total. The van der Waals surface area contributed by atoms with Crippen molar-refractivity contribution in [2.75, 3.05) is 43.5 Å². The summed E-state index contributed by atoms with van der Waals surface area (Å²) in [4.78, 5) is 28.0. The number of rotatable bonds is 10. The van der Waals surface area contributed by atoms with Crippen LogP contribution in [0.2, 0.25) is 0 Å². The highest BCUT2D eigenvalue weighted by atomic mass is 32.2. The van der Waals surface area contributed by atoms with Crippen molar-refractivity contribution in [1.82, 2.24) is 9.80 Å². The number of benzene rings is 4. The molecule has 0 aromatic heterocycles. The normalized spacial score (nSPS) is 17.9. The van der Waals surface area contributed by atoms with Crippen molar-refractivity contribution in [3.8, 4) is 0 Å². The molecule has 0 unspecified atom stereocenters. The lowest BCUT2D eigenvalue weighted by molar-refractivity contribution is 0.0551. The summed E-state index contributed by atoms with van der Waals surface area (Å²) < 4.78 is 38.3. The van der Waals surface area contributed by atoms with E-state index in [2.05, 4.69) is 24.4 Å². The van der Waals surface area contributed by atoms with Gasteiger partial charge < -0.3 is 30.3 Å². The van der Waals surface area contributed by atoms with Crippen LogP contribution in [0.4, 0.5) is 21.0 Å². The zero-order valence-corrected chi connectivity index (χ0v) is 33.0. The number of nitrogens with one attached hydrogen (secondary N) is 1. The van der Waals surface area contributed by atoms with Gasteiger partial charge >= 0.3 is 12.2 Å². The van der Waals surface area contributed by atoms with E-state index in [4.69, 9.17) is 19.4 Å². The molecule has 0 radical (unpaired) electrons. The van der Waals surface area contributed by atoms with Crippen LogP contribution in [0.5, 0.6) is 0 Å². The maximum Gasteiger partial charge on any atom is 0.410 e. The molecular weight excluding hydrogens is 717 g/mol. The largest absolute Gasteiger partial charge is 0.445 e. The van der Waals surface area contributed by atoms with Crippen molar-refractivity contribution in [3.63, 3.8) is 0 Å². The maximum absolute atomic E-state index is 12.4. The number of amides is 2. The minimum atomic E-state index is -3.49. The van der Waals surface area contributed by atoms with Crippen molar-refractivity contribution in [1.29, 1.82) is 0 Å². The molecule has 3 N–H and O–H groups in total. The second kappa shape index (κ2) is 22.3. The molecule has 55 heavy (non-hydrogen) atoms. The minimum Gasteiger partial charge on any atom is -0.445 e. The molecule has 0 spiro atoms. The molecule has 296 valence electrons. The number of nitrogen functional groups attached to an aromatic ring is 1. The highest BCUT2D eigenvalue weighted by Crippen LogP contribution is 2.24.